The molecule has 1 aliphatic carbocycles. The lowest BCUT2D eigenvalue weighted by Crippen LogP contribution is -2.21. The van der Waals surface area contributed by atoms with Gasteiger partial charge < -0.3 is 9.84 Å². The number of allylic oxidation sites excluding steroid dienone is 1. The van der Waals surface area contributed by atoms with E-state index >= 15 is 0 Å². The number of fused-ring (bicyclic) bond motifs is 1. The summed E-state index contributed by atoms with van der Waals surface area (Å²) in [6.45, 7) is 3.83. The minimum atomic E-state index is -0.976. The number of carboxylic acid groups (broad SMARTS) is 1. The van der Waals surface area contributed by atoms with Gasteiger partial charge in [-0.05, 0) is 67.1 Å². The van der Waals surface area contributed by atoms with Crippen molar-refractivity contribution >= 4 is 22.7 Å². The Morgan fingerprint density at radius 3 is 2.57 bits per heavy atom. The highest BCUT2D eigenvalue weighted by molar-refractivity contribution is 6.03. The molecule has 0 amide bonds. The van der Waals surface area contributed by atoms with Gasteiger partial charge in [-0.2, -0.15) is 0 Å². The summed E-state index contributed by atoms with van der Waals surface area (Å²) >= 11 is 0. The van der Waals surface area contributed by atoms with Crippen molar-refractivity contribution in [1.29, 1.82) is 0 Å². The van der Waals surface area contributed by atoms with Crippen molar-refractivity contribution in [3.05, 3.63) is 77.4 Å². The number of ether oxygens (including phenoxy) is 1. The summed E-state index contributed by atoms with van der Waals surface area (Å²) in [6.07, 6.45) is 4.79. The Labute approximate surface area is 175 Å². The zero-order valence-corrected chi connectivity index (χ0v) is 17.1. The van der Waals surface area contributed by atoms with Crippen molar-refractivity contribution < 1.29 is 19.4 Å². The van der Waals surface area contributed by atoms with Crippen molar-refractivity contribution in [3.63, 3.8) is 0 Å². The number of benzene rings is 3. The largest absolute Gasteiger partial charge is 0.478 e. The van der Waals surface area contributed by atoms with Gasteiger partial charge in [0.05, 0.1) is 11.5 Å². The Morgan fingerprint density at radius 2 is 1.80 bits per heavy atom. The molecule has 0 bridgehead atoms. The molecule has 0 aliphatic heterocycles. The van der Waals surface area contributed by atoms with Crippen LogP contribution in [-0.4, -0.2) is 17.0 Å². The van der Waals surface area contributed by atoms with Crippen LogP contribution in [0.1, 0.15) is 42.1 Å². The van der Waals surface area contributed by atoms with Gasteiger partial charge in [-0.1, -0.05) is 54.1 Å². The maximum absolute atomic E-state index is 12.9. The highest BCUT2D eigenvalue weighted by Gasteiger charge is 2.24. The fraction of sp³-hybridized carbons (Fsp3) is 0.231. The molecule has 30 heavy (non-hydrogen) atoms. The maximum atomic E-state index is 12.9. The number of carboxylic acids is 1. The average Bonchev–Trinajstić information content (AvgIpc) is 2.74. The van der Waals surface area contributed by atoms with Crippen LogP contribution in [0, 0.1) is 12.8 Å². The Kier molecular flexibility index (Phi) is 5.40. The third-order valence-electron chi connectivity index (χ3n) is 5.81. The second-order valence-corrected chi connectivity index (χ2v) is 7.88. The van der Waals surface area contributed by atoms with Crippen molar-refractivity contribution in [2.75, 3.05) is 0 Å². The van der Waals surface area contributed by atoms with Gasteiger partial charge in [-0.15, -0.1) is 0 Å². The van der Waals surface area contributed by atoms with E-state index in [1.54, 1.807) is 19.1 Å². The van der Waals surface area contributed by atoms with E-state index in [2.05, 4.69) is 0 Å². The normalized spacial score (nSPS) is 16.2. The average molecular weight is 400 g/mol. The van der Waals surface area contributed by atoms with Crippen molar-refractivity contribution in [2.24, 2.45) is 5.92 Å². The summed E-state index contributed by atoms with van der Waals surface area (Å²) in [7, 11) is 0. The van der Waals surface area contributed by atoms with Gasteiger partial charge in [0.15, 0.2) is 0 Å². The molecule has 0 spiro atoms. The molecule has 0 fully saturated rings. The Hall–Kier alpha value is -3.40. The Bertz CT molecular complexity index is 1170. The number of carbonyl (C=O) groups excluding carboxylic acids is 1. The van der Waals surface area contributed by atoms with Gasteiger partial charge in [0, 0.05) is 5.56 Å². The molecule has 1 N–H and O–H groups in total. The summed E-state index contributed by atoms with van der Waals surface area (Å²) < 4.78 is 5.92. The van der Waals surface area contributed by atoms with Crippen LogP contribution in [0.25, 0.3) is 21.9 Å². The Balaban J connectivity index is 1.86. The van der Waals surface area contributed by atoms with Crippen LogP contribution in [0.3, 0.4) is 0 Å². The van der Waals surface area contributed by atoms with Gasteiger partial charge in [0.2, 0.25) is 0 Å². The van der Waals surface area contributed by atoms with E-state index in [0.717, 1.165) is 41.2 Å². The number of rotatable bonds is 4. The highest BCUT2D eigenvalue weighted by atomic mass is 16.5. The van der Waals surface area contributed by atoms with E-state index in [1.807, 2.05) is 55.5 Å². The van der Waals surface area contributed by atoms with E-state index in [-0.39, 0.29) is 17.5 Å². The molecule has 0 saturated heterocycles. The first-order valence-corrected chi connectivity index (χ1v) is 10.2. The van der Waals surface area contributed by atoms with Crippen molar-refractivity contribution in [1.82, 2.24) is 0 Å². The SMILES string of the molecule is CC1=CC(C(=O)Oc2ccc3ccccc3c2-c2cccc(C(=O)O)c2C)CCC1. The number of hydrogen-bond donors (Lipinski definition) is 1. The van der Waals surface area contributed by atoms with Crippen LogP contribution in [0.15, 0.2) is 66.2 Å². The van der Waals surface area contributed by atoms with Gasteiger partial charge in [-0.25, -0.2) is 4.79 Å². The molecular weight excluding hydrogens is 376 g/mol. The molecule has 1 aliphatic rings. The second-order valence-electron chi connectivity index (χ2n) is 7.88. The van der Waals surface area contributed by atoms with E-state index in [1.165, 1.54) is 5.57 Å². The standard InChI is InChI=1S/C26H24O4/c1-16-7-5-9-19(15-16)26(29)30-23-14-13-18-8-3-4-10-22(18)24(23)20-11-6-12-21(17(20)2)25(27)28/h3-4,6,8,10-15,19H,5,7,9H2,1-2H3,(H,27,28). The van der Waals surface area contributed by atoms with Crippen LogP contribution < -0.4 is 4.74 Å². The van der Waals surface area contributed by atoms with Crippen LogP contribution in [0.5, 0.6) is 5.75 Å². The predicted octanol–water partition coefficient (Wildman–Crippen LogP) is 6.17. The summed E-state index contributed by atoms with van der Waals surface area (Å²) in [5.41, 5.74) is 3.60. The number of esters is 1. The fourth-order valence-corrected chi connectivity index (χ4v) is 4.23. The zero-order chi connectivity index (χ0) is 21.3. The van der Waals surface area contributed by atoms with Crippen LogP contribution >= 0.6 is 0 Å². The van der Waals surface area contributed by atoms with Crippen LogP contribution in [0.2, 0.25) is 0 Å². The Morgan fingerprint density at radius 1 is 1.00 bits per heavy atom. The molecule has 4 heteroatoms. The molecule has 0 radical (unpaired) electrons. The van der Waals surface area contributed by atoms with E-state index in [0.29, 0.717) is 11.3 Å². The fourth-order valence-electron chi connectivity index (χ4n) is 4.23. The maximum Gasteiger partial charge on any atom is 0.335 e. The first-order chi connectivity index (χ1) is 14.5. The minimum Gasteiger partial charge on any atom is -0.478 e. The first kappa shape index (κ1) is 19.9. The van der Waals surface area contributed by atoms with Gasteiger partial charge >= 0.3 is 11.9 Å². The molecule has 4 nitrogen and oxygen atoms in total. The lowest BCUT2D eigenvalue weighted by Gasteiger charge is -2.20. The molecule has 3 aromatic rings. The quantitative estimate of drug-likeness (QED) is 0.323. The first-order valence-electron chi connectivity index (χ1n) is 10.2. The summed E-state index contributed by atoms with van der Waals surface area (Å²) in [5, 5.41) is 11.5. The molecule has 1 atom stereocenters. The predicted molar refractivity (Wildman–Crippen MR) is 118 cm³/mol. The lowest BCUT2D eigenvalue weighted by molar-refractivity contribution is -0.137. The lowest BCUT2D eigenvalue weighted by atomic mass is 9.90. The number of hydrogen-bond acceptors (Lipinski definition) is 3. The minimum absolute atomic E-state index is 0.239. The molecule has 0 aromatic heterocycles. The highest BCUT2D eigenvalue weighted by Crippen LogP contribution is 2.40. The second kappa shape index (κ2) is 8.15. The van der Waals surface area contributed by atoms with Gasteiger partial charge in [-0.3, -0.25) is 4.79 Å². The van der Waals surface area contributed by atoms with E-state index in [4.69, 9.17) is 4.74 Å². The third kappa shape index (κ3) is 3.73. The van der Waals surface area contributed by atoms with Crippen molar-refractivity contribution in [3.8, 4) is 16.9 Å². The van der Waals surface area contributed by atoms with E-state index < -0.39 is 5.97 Å². The number of aromatic carboxylic acids is 1. The topological polar surface area (TPSA) is 63.6 Å². The van der Waals surface area contributed by atoms with Crippen LogP contribution in [0.4, 0.5) is 0 Å². The molecule has 152 valence electrons. The molecular formula is C26H24O4. The summed E-state index contributed by atoms with van der Waals surface area (Å²) in [6, 6.07) is 16.8. The number of carbonyl (C=O) groups is 2. The zero-order valence-electron chi connectivity index (χ0n) is 17.1. The van der Waals surface area contributed by atoms with Gasteiger partial charge in [0.25, 0.3) is 0 Å². The molecule has 3 aromatic carbocycles. The third-order valence-corrected chi connectivity index (χ3v) is 5.81. The van der Waals surface area contributed by atoms with Crippen LogP contribution in [-0.2, 0) is 4.79 Å². The monoisotopic (exact) mass is 400 g/mol. The molecule has 0 heterocycles. The molecule has 1 unspecified atom stereocenters. The summed E-state index contributed by atoms with van der Waals surface area (Å²) in [4.78, 5) is 24.6. The molecule has 4 rings (SSSR count). The van der Waals surface area contributed by atoms with Gasteiger partial charge in [0.1, 0.15) is 5.75 Å². The molecule has 0 saturated carbocycles. The summed E-state index contributed by atoms with van der Waals surface area (Å²) in [5.74, 6) is -1.03. The smallest absolute Gasteiger partial charge is 0.335 e. The van der Waals surface area contributed by atoms with Crippen molar-refractivity contribution in [2.45, 2.75) is 33.1 Å². The van der Waals surface area contributed by atoms with E-state index in [9.17, 15) is 14.7 Å².